The summed E-state index contributed by atoms with van der Waals surface area (Å²) in [4.78, 5) is 35.5. The van der Waals surface area contributed by atoms with Crippen molar-refractivity contribution in [1.82, 2.24) is 0 Å². The highest BCUT2D eigenvalue weighted by Crippen LogP contribution is 2.25. The number of rotatable bonds is 6. The molecule has 0 heterocycles. The Bertz CT molecular complexity index is 888. The lowest BCUT2D eigenvalue weighted by Gasteiger charge is -2.13. The average molecular weight is 406 g/mol. The van der Waals surface area contributed by atoms with Gasteiger partial charge in [-0.05, 0) is 44.2 Å². The lowest BCUT2D eigenvalue weighted by atomic mass is 10.1. The smallest absolute Gasteiger partial charge is 0.331 e. The molecule has 0 saturated carbocycles. The summed E-state index contributed by atoms with van der Waals surface area (Å²) in [6.07, 6.45) is 1.53. The molecule has 0 aromatic heterocycles. The van der Waals surface area contributed by atoms with E-state index < -0.39 is 18.0 Å². The van der Waals surface area contributed by atoms with E-state index in [0.717, 1.165) is 6.08 Å². The zero-order valence-corrected chi connectivity index (χ0v) is 16.2. The molecule has 0 spiro atoms. The van der Waals surface area contributed by atoms with E-state index in [1.165, 1.54) is 19.9 Å². The number of halogens is 2. The first kappa shape index (κ1) is 20.7. The molecule has 2 aromatic carbocycles. The van der Waals surface area contributed by atoms with Crippen LogP contribution in [0.3, 0.4) is 0 Å². The summed E-state index contributed by atoms with van der Waals surface area (Å²) in [5, 5.41) is 3.38. The number of nitrogens with one attached hydrogen (secondary N) is 1. The molecular formula is C20H17Cl2NO4. The maximum absolute atomic E-state index is 12.2. The molecule has 0 saturated heterocycles. The summed E-state index contributed by atoms with van der Waals surface area (Å²) >= 11 is 12.0. The molecule has 1 amide bonds. The van der Waals surface area contributed by atoms with E-state index >= 15 is 0 Å². The van der Waals surface area contributed by atoms with Crippen LogP contribution in [0.2, 0.25) is 10.0 Å². The van der Waals surface area contributed by atoms with Gasteiger partial charge >= 0.3 is 5.97 Å². The minimum absolute atomic E-state index is 0.117. The van der Waals surface area contributed by atoms with Gasteiger partial charge in [0.2, 0.25) is 0 Å². The highest BCUT2D eigenvalue weighted by atomic mass is 35.5. The van der Waals surface area contributed by atoms with Gasteiger partial charge in [-0.15, -0.1) is 0 Å². The van der Waals surface area contributed by atoms with E-state index in [2.05, 4.69) is 5.32 Å². The monoisotopic (exact) mass is 405 g/mol. The van der Waals surface area contributed by atoms with Crippen LogP contribution < -0.4 is 5.32 Å². The molecule has 1 atom stereocenters. The lowest BCUT2D eigenvalue weighted by molar-refractivity contribution is -0.148. The largest absolute Gasteiger partial charge is 0.449 e. The van der Waals surface area contributed by atoms with Crippen molar-refractivity contribution in [3.63, 3.8) is 0 Å². The van der Waals surface area contributed by atoms with Gasteiger partial charge in [-0.2, -0.15) is 0 Å². The molecule has 2 rings (SSSR count). The molecule has 0 radical (unpaired) electrons. The Balaban J connectivity index is 1.97. The Morgan fingerprint density at radius 3 is 2.33 bits per heavy atom. The van der Waals surface area contributed by atoms with Gasteiger partial charge in [-0.25, -0.2) is 4.79 Å². The van der Waals surface area contributed by atoms with E-state index in [-0.39, 0.29) is 5.78 Å². The quantitative estimate of drug-likeness (QED) is 0.426. The zero-order chi connectivity index (χ0) is 20.0. The number of hydrogen-bond acceptors (Lipinski definition) is 4. The summed E-state index contributed by atoms with van der Waals surface area (Å²) in [5.41, 5.74) is 1.39. The van der Waals surface area contributed by atoms with Crippen LogP contribution in [-0.2, 0) is 14.3 Å². The summed E-state index contributed by atoms with van der Waals surface area (Å²) in [6, 6.07) is 11.5. The molecule has 27 heavy (non-hydrogen) atoms. The van der Waals surface area contributed by atoms with Gasteiger partial charge in [0.25, 0.3) is 5.91 Å². The van der Waals surface area contributed by atoms with Gasteiger partial charge in [0.15, 0.2) is 11.9 Å². The van der Waals surface area contributed by atoms with Gasteiger partial charge < -0.3 is 10.1 Å². The van der Waals surface area contributed by atoms with Crippen LogP contribution in [0.4, 0.5) is 5.69 Å². The molecular weight excluding hydrogens is 389 g/mol. The molecule has 0 fully saturated rings. The first-order chi connectivity index (χ1) is 12.8. The summed E-state index contributed by atoms with van der Waals surface area (Å²) < 4.78 is 5.07. The fourth-order valence-corrected chi connectivity index (χ4v) is 2.67. The SMILES string of the molecule is CC(=O)c1cccc(NC(=O)[C@@H](C)OC(=O)/C=C/c2c(Cl)cccc2Cl)c1. The van der Waals surface area contributed by atoms with Crippen molar-refractivity contribution >= 4 is 52.6 Å². The first-order valence-electron chi connectivity index (χ1n) is 8.02. The Hall–Kier alpha value is -2.63. The van der Waals surface area contributed by atoms with Crippen molar-refractivity contribution in [2.75, 3.05) is 5.32 Å². The van der Waals surface area contributed by atoms with E-state index in [1.54, 1.807) is 42.5 Å². The summed E-state index contributed by atoms with van der Waals surface area (Å²) in [6.45, 7) is 2.88. The topological polar surface area (TPSA) is 72.5 Å². The number of carbonyl (C=O) groups is 3. The fraction of sp³-hybridized carbons (Fsp3) is 0.150. The number of hydrogen-bond donors (Lipinski definition) is 1. The molecule has 0 bridgehead atoms. The van der Waals surface area contributed by atoms with E-state index in [0.29, 0.717) is 26.9 Å². The highest BCUT2D eigenvalue weighted by Gasteiger charge is 2.17. The fourth-order valence-electron chi connectivity index (χ4n) is 2.15. The van der Waals surface area contributed by atoms with Gasteiger partial charge in [-0.1, -0.05) is 41.4 Å². The average Bonchev–Trinajstić information content (AvgIpc) is 2.61. The minimum Gasteiger partial charge on any atom is -0.449 e. The van der Waals surface area contributed by atoms with Crippen LogP contribution in [-0.4, -0.2) is 23.8 Å². The normalized spacial score (nSPS) is 11.9. The maximum Gasteiger partial charge on any atom is 0.331 e. The third-order valence-electron chi connectivity index (χ3n) is 3.58. The number of anilines is 1. The number of esters is 1. The number of benzene rings is 2. The summed E-state index contributed by atoms with van der Waals surface area (Å²) in [5.74, 6) is -1.35. The molecule has 0 aliphatic rings. The molecule has 0 aliphatic carbocycles. The van der Waals surface area contributed by atoms with E-state index in [1.807, 2.05) is 0 Å². The zero-order valence-electron chi connectivity index (χ0n) is 14.7. The van der Waals surface area contributed by atoms with Crippen LogP contribution >= 0.6 is 23.2 Å². The van der Waals surface area contributed by atoms with Crippen molar-refractivity contribution in [2.45, 2.75) is 20.0 Å². The van der Waals surface area contributed by atoms with Gasteiger partial charge in [0.05, 0.1) is 0 Å². The van der Waals surface area contributed by atoms with Crippen molar-refractivity contribution in [3.8, 4) is 0 Å². The number of Topliss-reactive ketones (excluding diaryl/α,β-unsaturated/α-hetero) is 1. The highest BCUT2D eigenvalue weighted by molar-refractivity contribution is 6.37. The molecule has 2 aromatic rings. The molecule has 140 valence electrons. The third-order valence-corrected chi connectivity index (χ3v) is 4.24. The lowest BCUT2D eigenvalue weighted by Crippen LogP contribution is -2.29. The van der Waals surface area contributed by atoms with E-state index in [9.17, 15) is 14.4 Å². The Kier molecular flexibility index (Phi) is 7.16. The minimum atomic E-state index is -1.04. The predicted molar refractivity (Wildman–Crippen MR) is 106 cm³/mol. The molecule has 7 heteroatoms. The van der Waals surface area contributed by atoms with Crippen LogP contribution in [0.15, 0.2) is 48.5 Å². The van der Waals surface area contributed by atoms with Crippen LogP contribution in [0.5, 0.6) is 0 Å². The number of ketones is 1. The number of amides is 1. The predicted octanol–water partition coefficient (Wildman–Crippen LogP) is 4.78. The van der Waals surface area contributed by atoms with Gasteiger partial charge in [0, 0.05) is 32.9 Å². The first-order valence-corrected chi connectivity index (χ1v) is 8.78. The standard InChI is InChI=1S/C20H17Cl2NO4/c1-12(24)14-5-3-6-15(11-14)23-20(26)13(2)27-19(25)10-9-16-17(21)7-4-8-18(16)22/h3-11,13H,1-2H3,(H,23,26)/b10-9+/t13-/m1/s1. The Morgan fingerprint density at radius 2 is 1.70 bits per heavy atom. The van der Waals surface area contributed by atoms with Gasteiger partial charge in [-0.3, -0.25) is 9.59 Å². The van der Waals surface area contributed by atoms with Crippen LogP contribution in [0, 0.1) is 0 Å². The number of carbonyl (C=O) groups excluding carboxylic acids is 3. The molecule has 0 unspecified atom stereocenters. The third kappa shape index (κ3) is 5.94. The second kappa shape index (κ2) is 9.35. The Labute approximate surface area is 166 Å². The summed E-state index contributed by atoms with van der Waals surface area (Å²) in [7, 11) is 0. The molecule has 0 aliphatic heterocycles. The molecule has 1 N–H and O–H groups in total. The van der Waals surface area contributed by atoms with Crippen molar-refractivity contribution in [1.29, 1.82) is 0 Å². The van der Waals surface area contributed by atoms with Crippen LogP contribution in [0.1, 0.15) is 29.8 Å². The van der Waals surface area contributed by atoms with E-state index in [4.69, 9.17) is 27.9 Å². The van der Waals surface area contributed by atoms with Crippen LogP contribution in [0.25, 0.3) is 6.08 Å². The molecule has 5 nitrogen and oxygen atoms in total. The number of ether oxygens (including phenoxy) is 1. The van der Waals surface area contributed by atoms with Crippen molar-refractivity contribution < 1.29 is 19.1 Å². The maximum atomic E-state index is 12.2. The Morgan fingerprint density at radius 1 is 1.07 bits per heavy atom. The van der Waals surface area contributed by atoms with Crippen molar-refractivity contribution in [3.05, 3.63) is 69.7 Å². The van der Waals surface area contributed by atoms with Gasteiger partial charge in [0.1, 0.15) is 0 Å². The second-order valence-electron chi connectivity index (χ2n) is 5.67. The second-order valence-corrected chi connectivity index (χ2v) is 6.49. The van der Waals surface area contributed by atoms with Crippen molar-refractivity contribution in [2.24, 2.45) is 0 Å².